The molecule has 0 saturated carbocycles. The maximum atomic E-state index is 13.6. The molecule has 4 N–H and O–H groups in total. The highest BCUT2D eigenvalue weighted by atomic mass is 19.2. The molecule has 0 saturated heterocycles. The van der Waals surface area contributed by atoms with E-state index >= 15 is 0 Å². The summed E-state index contributed by atoms with van der Waals surface area (Å²) in [6.07, 6.45) is 3.53. The van der Waals surface area contributed by atoms with Crippen LogP contribution in [-0.4, -0.2) is 47.9 Å². The van der Waals surface area contributed by atoms with Crippen molar-refractivity contribution >= 4 is 17.6 Å². The second-order valence-corrected chi connectivity index (χ2v) is 7.47. The molecular weight excluding hydrogens is 404 g/mol. The number of nitrogen functional groups attached to an aromatic ring is 1. The van der Waals surface area contributed by atoms with E-state index in [1.807, 2.05) is 11.9 Å². The molecule has 1 atom stereocenters. The van der Waals surface area contributed by atoms with E-state index in [4.69, 9.17) is 5.73 Å². The van der Waals surface area contributed by atoms with Crippen LogP contribution in [-0.2, 0) is 22.6 Å². The fraction of sp³-hybridized carbons (Fsp3) is 0.409. The lowest BCUT2D eigenvalue weighted by Crippen LogP contribution is -2.50. The highest BCUT2D eigenvalue weighted by Crippen LogP contribution is 2.11. The van der Waals surface area contributed by atoms with Gasteiger partial charge in [0, 0.05) is 19.2 Å². The predicted octanol–water partition coefficient (Wildman–Crippen LogP) is 2.02. The van der Waals surface area contributed by atoms with Crippen LogP contribution in [0.3, 0.4) is 0 Å². The van der Waals surface area contributed by atoms with Gasteiger partial charge in [0.25, 0.3) is 0 Å². The molecule has 1 unspecified atom stereocenters. The minimum absolute atomic E-state index is 0.0213. The molecule has 0 fully saturated rings. The van der Waals surface area contributed by atoms with Crippen LogP contribution in [0.5, 0.6) is 0 Å². The number of nitrogens with two attached hydrogens (primary N) is 1. The van der Waals surface area contributed by atoms with Crippen LogP contribution in [0.1, 0.15) is 30.9 Å². The van der Waals surface area contributed by atoms with Crippen LogP contribution in [0.15, 0.2) is 36.5 Å². The third-order valence-electron chi connectivity index (χ3n) is 4.70. The summed E-state index contributed by atoms with van der Waals surface area (Å²) in [6, 6.07) is 5.82. The highest BCUT2D eigenvalue weighted by Gasteiger charge is 2.22. The van der Waals surface area contributed by atoms with Gasteiger partial charge in [-0.3, -0.25) is 14.5 Å². The number of hydrogen-bond donors (Lipinski definition) is 3. The lowest BCUT2D eigenvalue weighted by Gasteiger charge is -2.21. The van der Waals surface area contributed by atoms with Gasteiger partial charge in [0.05, 0.1) is 6.54 Å². The average molecular weight is 434 g/mol. The Kier molecular flexibility index (Phi) is 9.33. The molecule has 1 heterocycles. The molecule has 0 aliphatic rings. The van der Waals surface area contributed by atoms with Crippen molar-refractivity contribution < 1.29 is 18.4 Å². The summed E-state index contributed by atoms with van der Waals surface area (Å²) in [7, 11) is 1.83. The molecule has 2 aromatic rings. The standard InChI is InChI=1S/C22H29F2N5O2/c1-3-4-9-29(2)14-21(30)28-19(11-15-5-7-17(23)18(24)10-15)22(31)27-13-16-6-8-20(25)26-12-16/h5-8,10,12,19H,3-4,9,11,13-14H2,1-2H3,(H2,25,26)(H,27,31)(H,28,30). The van der Waals surface area contributed by atoms with Gasteiger partial charge in [-0.05, 0) is 49.3 Å². The zero-order valence-corrected chi connectivity index (χ0v) is 17.8. The third-order valence-corrected chi connectivity index (χ3v) is 4.70. The minimum Gasteiger partial charge on any atom is -0.384 e. The van der Waals surface area contributed by atoms with E-state index < -0.39 is 23.6 Å². The fourth-order valence-electron chi connectivity index (χ4n) is 2.96. The smallest absolute Gasteiger partial charge is 0.243 e. The summed E-state index contributed by atoms with van der Waals surface area (Å²) in [5.74, 6) is -2.37. The Hall–Kier alpha value is -3.07. The van der Waals surface area contributed by atoms with Gasteiger partial charge in [0.1, 0.15) is 11.9 Å². The lowest BCUT2D eigenvalue weighted by molar-refractivity contribution is -0.129. The number of pyridine rings is 1. The molecule has 1 aromatic carbocycles. The summed E-state index contributed by atoms with van der Waals surface area (Å²) in [5.41, 5.74) is 6.69. The normalized spacial score (nSPS) is 11.9. The van der Waals surface area contributed by atoms with E-state index in [-0.39, 0.29) is 25.4 Å². The maximum absolute atomic E-state index is 13.6. The number of halogens is 2. The van der Waals surface area contributed by atoms with Gasteiger partial charge in [-0.15, -0.1) is 0 Å². The van der Waals surface area contributed by atoms with Crippen molar-refractivity contribution in [2.45, 2.75) is 38.8 Å². The summed E-state index contributed by atoms with van der Waals surface area (Å²) in [5, 5.41) is 5.45. The number of rotatable bonds is 11. The molecule has 0 aliphatic carbocycles. The van der Waals surface area contributed by atoms with Crippen LogP contribution >= 0.6 is 0 Å². The molecule has 0 aliphatic heterocycles. The number of benzene rings is 1. The molecule has 7 nitrogen and oxygen atoms in total. The minimum atomic E-state index is -1.00. The topological polar surface area (TPSA) is 100 Å². The van der Waals surface area contributed by atoms with E-state index in [0.29, 0.717) is 11.4 Å². The Morgan fingerprint density at radius 3 is 2.55 bits per heavy atom. The molecule has 9 heteroatoms. The number of unbranched alkanes of at least 4 members (excludes halogenated alkanes) is 1. The van der Waals surface area contributed by atoms with Crippen LogP contribution in [0.25, 0.3) is 0 Å². The van der Waals surface area contributed by atoms with E-state index in [1.54, 1.807) is 18.3 Å². The lowest BCUT2D eigenvalue weighted by atomic mass is 10.0. The van der Waals surface area contributed by atoms with Gasteiger partial charge >= 0.3 is 0 Å². The second kappa shape index (κ2) is 11.9. The highest BCUT2D eigenvalue weighted by molar-refractivity contribution is 5.88. The summed E-state index contributed by atoms with van der Waals surface area (Å²) in [6.45, 7) is 3.14. The Morgan fingerprint density at radius 1 is 1.16 bits per heavy atom. The maximum Gasteiger partial charge on any atom is 0.243 e. The van der Waals surface area contributed by atoms with E-state index in [1.165, 1.54) is 6.07 Å². The zero-order valence-electron chi connectivity index (χ0n) is 17.8. The average Bonchev–Trinajstić information content (AvgIpc) is 2.73. The molecule has 168 valence electrons. The van der Waals surface area contributed by atoms with Crippen molar-refractivity contribution in [2.75, 3.05) is 25.9 Å². The molecule has 31 heavy (non-hydrogen) atoms. The van der Waals surface area contributed by atoms with Crippen LogP contribution < -0.4 is 16.4 Å². The number of aromatic nitrogens is 1. The Bertz CT molecular complexity index is 877. The van der Waals surface area contributed by atoms with Gasteiger partial charge in [-0.1, -0.05) is 25.5 Å². The summed E-state index contributed by atoms with van der Waals surface area (Å²) in [4.78, 5) is 31.1. The van der Waals surface area contributed by atoms with E-state index in [0.717, 1.165) is 37.1 Å². The molecule has 2 rings (SSSR count). The molecular formula is C22H29F2N5O2. The van der Waals surface area contributed by atoms with Crippen molar-refractivity contribution in [3.63, 3.8) is 0 Å². The van der Waals surface area contributed by atoms with Crippen molar-refractivity contribution in [3.05, 3.63) is 59.3 Å². The van der Waals surface area contributed by atoms with Crippen molar-refractivity contribution in [2.24, 2.45) is 0 Å². The predicted molar refractivity (Wildman–Crippen MR) is 115 cm³/mol. The van der Waals surface area contributed by atoms with Crippen molar-refractivity contribution in [1.29, 1.82) is 0 Å². The molecule has 2 amide bonds. The Labute approximate surface area is 181 Å². The van der Waals surface area contributed by atoms with Crippen molar-refractivity contribution in [1.82, 2.24) is 20.5 Å². The summed E-state index contributed by atoms with van der Waals surface area (Å²) >= 11 is 0. The van der Waals surface area contributed by atoms with E-state index in [2.05, 4.69) is 22.5 Å². The number of nitrogens with zero attached hydrogens (tertiary/aromatic N) is 2. The van der Waals surface area contributed by atoms with Gasteiger partial charge in [-0.25, -0.2) is 13.8 Å². The number of likely N-dealkylation sites (N-methyl/N-ethyl adjacent to an activating group) is 1. The van der Waals surface area contributed by atoms with Gasteiger partial charge in [-0.2, -0.15) is 0 Å². The van der Waals surface area contributed by atoms with Crippen LogP contribution in [0.4, 0.5) is 14.6 Å². The van der Waals surface area contributed by atoms with Gasteiger partial charge in [0.15, 0.2) is 11.6 Å². The number of anilines is 1. The summed E-state index contributed by atoms with van der Waals surface area (Å²) < 4.78 is 26.8. The first kappa shape index (κ1) is 24.2. The first-order valence-electron chi connectivity index (χ1n) is 10.2. The molecule has 0 bridgehead atoms. The molecule has 0 spiro atoms. The monoisotopic (exact) mass is 433 g/mol. The first-order valence-corrected chi connectivity index (χ1v) is 10.2. The van der Waals surface area contributed by atoms with Crippen LogP contribution in [0.2, 0.25) is 0 Å². The largest absolute Gasteiger partial charge is 0.384 e. The number of amides is 2. The molecule has 0 radical (unpaired) electrons. The zero-order chi connectivity index (χ0) is 22.8. The quantitative estimate of drug-likeness (QED) is 0.503. The fourth-order valence-corrected chi connectivity index (χ4v) is 2.96. The second-order valence-electron chi connectivity index (χ2n) is 7.47. The number of carbonyl (C=O) groups excluding carboxylic acids is 2. The van der Waals surface area contributed by atoms with Gasteiger partial charge < -0.3 is 16.4 Å². The van der Waals surface area contributed by atoms with Gasteiger partial charge in [0.2, 0.25) is 11.8 Å². The van der Waals surface area contributed by atoms with Crippen LogP contribution in [0, 0.1) is 11.6 Å². The molecule has 1 aromatic heterocycles. The SMILES string of the molecule is CCCCN(C)CC(=O)NC(Cc1ccc(F)c(F)c1)C(=O)NCc1ccc(N)nc1. The third kappa shape index (κ3) is 8.29. The number of nitrogens with one attached hydrogen (secondary N) is 2. The Morgan fingerprint density at radius 2 is 1.90 bits per heavy atom. The number of carbonyl (C=O) groups is 2. The Balaban J connectivity index is 2.06. The van der Waals surface area contributed by atoms with Crippen molar-refractivity contribution in [3.8, 4) is 0 Å². The first-order chi connectivity index (χ1) is 14.8. The number of hydrogen-bond acceptors (Lipinski definition) is 5. The van der Waals surface area contributed by atoms with E-state index in [9.17, 15) is 18.4 Å².